The molecule has 4 N–H and O–H groups in total. The first-order valence-electron chi connectivity index (χ1n) is 21.8. The summed E-state index contributed by atoms with van der Waals surface area (Å²) in [4.78, 5) is 12.4. The van der Waals surface area contributed by atoms with Gasteiger partial charge in [0.05, 0.1) is 18.8 Å². The molecule has 0 radical (unpaired) electrons. The highest BCUT2D eigenvalue weighted by Gasteiger charge is 2.23. The number of carbonyl (C=O) groups is 1. The third kappa shape index (κ3) is 33.8. The maximum atomic E-state index is 12.4. The quantitative estimate of drug-likeness (QED) is 0.0485. The van der Waals surface area contributed by atoms with Crippen LogP contribution < -0.4 is 5.32 Å². The van der Waals surface area contributed by atoms with Gasteiger partial charge in [-0.1, -0.05) is 232 Å². The smallest absolute Gasteiger partial charge is 0.249 e. The predicted octanol–water partition coefficient (Wildman–Crippen LogP) is 12.3. The van der Waals surface area contributed by atoms with Gasteiger partial charge in [0, 0.05) is 0 Å². The third-order valence-corrected chi connectivity index (χ3v) is 10.5. The molecule has 5 heteroatoms. The molecule has 5 nitrogen and oxygen atoms in total. The Morgan fingerprint density at radius 3 is 0.938 bits per heavy atom. The van der Waals surface area contributed by atoms with Crippen molar-refractivity contribution in [2.24, 2.45) is 0 Å². The van der Waals surface area contributed by atoms with Gasteiger partial charge in [0.2, 0.25) is 5.91 Å². The fourth-order valence-electron chi connectivity index (χ4n) is 7.02. The highest BCUT2D eigenvalue weighted by Crippen LogP contribution is 2.17. The topological polar surface area (TPSA) is 89.8 Å². The van der Waals surface area contributed by atoms with Crippen LogP contribution in [-0.2, 0) is 4.79 Å². The number of unbranched alkanes of at least 4 members (excludes halogenated alkanes) is 32. The number of hydrogen-bond donors (Lipinski definition) is 4. The van der Waals surface area contributed by atoms with E-state index in [1.165, 1.54) is 186 Å². The van der Waals surface area contributed by atoms with Gasteiger partial charge in [-0.25, -0.2) is 0 Å². The molecule has 0 aliphatic heterocycles. The van der Waals surface area contributed by atoms with Gasteiger partial charge in [-0.3, -0.25) is 4.79 Å². The van der Waals surface area contributed by atoms with Gasteiger partial charge >= 0.3 is 0 Å². The van der Waals surface area contributed by atoms with Gasteiger partial charge in [-0.2, -0.15) is 0 Å². The summed E-state index contributed by atoms with van der Waals surface area (Å²) >= 11 is 0. The molecule has 288 valence electrons. The number of aliphatic hydroxyl groups is 3. The van der Waals surface area contributed by atoms with Gasteiger partial charge in [0.25, 0.3) is 0 Å². The highest BCUT2D eigenvalue weighted by molar-refractivity contribution is 5.80. The molecule has 48 heavy (non-hydrogen) atoms. The Labute approximate surface area is 300 Å². The molecule has 0 aliphatic carbocycles. The average Bonchev–Trinajstić information content (AvgIpc) is 3.09. The van der Waals surface area contributed by atoms with Crippen LogP contribution in [0.1, 0.15) is 245 Å². The molecule has 0 fully saturated rings. The molecule has 0 aromatic carbocycles. The lowest BCUT2D eigenvalue weighted by molar-refractivity contribution is -0.131. The van der Waals surface area contributed by atoms with Crippen LogP contribution in [0.25, 0.3) is 0 Å². The van der Waals surface area contributed by atoms with E-state index in [4.69, 9.17) is 0 Å². The van der Waals surface area contributed by atoms with Crippen LogP contribution >= 0.6 is 0 Å². The molecule has 0 rings (SSSR count). The minimum atomic E-state index is -1.07. The molecule has 3 unspecified atom stereocenters. The van der Waals surface area contributed by atoms with Crippen molar-refractivity contribution in [1.82, 2.24) is 5.32 Å². The number of nitrogens with one attached hydrogen (secondary N) is 1. The molecular formula is C43H87NO4. The molecule has 0 aliphatic rings. The lowest BCUT2D eigenvalue weighted by Crippen LogP contribution is -2.49. The SMILES string of the molecule is CCCCCCCCCCCCCCCCCCCCCCCCC(O)C(CO)NC(=O)C(O)CCCCCCCCCCCCCC. The summed E-state index contributed by atoms with van der Waals surface area (Å²) in [6, 6.07) is -0.705. The van der Waals surface area contributed by atoms with E-state index in [9.17, 15) is 20.1 Å². The van der Waals surface area contributed by atoms with E-state index in [2.05, 4.69) is 19.2 Å². The van der Waals surface area contributed by atoms with Gasteiger partial charge in [0.15, 0.2) is 0 Å². The van der Waals surface area contributed by atoms with E-state index < -0.39 is 24.2 Å². The molecule has 3 atom stereocenters. The summed E-state index contributed by atoms with van der Waals surface area (Å²) in [5.41, 5.74) is 0. The monoisotopic (exact) mass is 682 g/mol. The molecule has 0 aromatic heterocycles. The Morgan fingerprint density at radius 2 is 0.667 bits per heavy atom. The third-order valence-electron chi connectivity index (χ3n) is 10.5. The standard InChI is InChI=1S/C43H87NO4/c1-3-5-7-9-11-13-15-17-18-19-20-21-22-23-24-25-26-28-29-31-33-35-37-41(46)40(39-45)44-43(48)42(47)38-36-34-32-30-27-16-14-12-10-8-6-4-2/h40-42,45-47H,3-39H2,1-2H3,(H,44,48). The lowest BCUT2D eigenvalue weighted by atomic mass is 10.0. The fraction of sp³-hybridized carbons (Fsp3) is 0.977. The summed E-state index contributed by atoms with van der Waals surface area (Å²) in [6.07, 6.45) is 43.9. The number of carbonyl (C=O) groups excluding carboxylic acids is 1. The molecule has 0 bridgehead atoms. The zero-order valence-electron chi connectivity index (χ0n) is 32.6. The van der Waals surface area contributed by atoms with E-state index >= 15 is 0 Å². The number of aliphatic hydroxyl groups excluding tert-OH is 3. The van der Waals surface area contributed by atoms with E-state index in [1.807, 2.05) is 0 Å². The number of hydrogen-bond acceptors (Lipinski definition) is 4. The minimum absolute atomic E-state index is 0.308. The fourth-order valence-corrected chi connectivity index (χ4v) is 7.02. The Morgan fingerprint density at radius 1 is 0.417 bits per heavy atom. The molecular weight excluding hydrogens is 594 g/mol. The van der Waals surface area contributed by atoms with Crippen molar-refractivity contribution in [2.75, 3.05) is 6.61 Å². The normalized spacial score (nSPS) is 13.5. The van der Waals surface area contributed by atoms with Gasteiger partial charge in [-0.05, 0) is 12.8 Å². The number of rotatable bonds is 40. The second kappa shape index (κ2) is 39.1. The van der Waals surface area contributed by atoms with Crippen LogP contribution in [0.3, 0.4) is 0 Å². The zero-order valence-corrected chi connectivity index (χ0v) is 32.6. The summed E-state index contributed by atoms with van der Waals surface area (Å²) in [7, 11) is 0. The van der Waals surface area contributed by atoms with Crippen molar-refractivity contribution in [2.45, 2.75) is 263 Å². The Bertz CT molecular complexity index is 630. The van der Waals surface area contributed by atoms with Crippen molar-refractivity contribution in [3.8, 4) is 0 Å². The average molecular weight is 682 g/mol. The Hall–Kier alpha value is -0.650. The van der Waals surface area contributed by atoms with Gasteiger partial charge in [0.1, 0.15) is 6.10 Å². The van der Waals surface area contributed by atoms with E-state index in [0.717, 1.165) is 32.1 Å². The van der Waals surface area contributed by atoms with E-state index in [-0.39, 0.29) is 6.61 Å². The van der Waals surface area contributed by atoms with Crippen molar-refractivity contribution >= 4 is 5.91 Å². The summed E-state index contributed by atoms with van der Waals surface area (Å²) < 4.78 is 0. The van der Waals surface area contributed by atoms with Crippen molar-refractivity contribution in [3.63, 3.8) is 0 Å². The number of amides is 1. The van der Waals surface area contributed by atoms with E-state index in [1.54, 1.807) is 0 Å². The van der Waals surface area contributed by atoms with Crippen LogP contribution in [0.4, 0.5) is 0 Å². The van der Waals surface area contributed by atoms with Crippen molar-refractivity contribution < 1.29 is 20.1 Å². The largest absolute Gasteiger partial charge is 0.394 e. The maximum absolute atomic E-state index is 12.4. The van der Waals surface area contributed by atoms with Crippen LogP contribution in [-0.4, -0.2) is 46.1 Å². The lowest BCUT2D eigenvalue weighted by Gasteiger charge is -2.23. The van der Waals surface area contributed by atoms with Crippen LogP contribution in [0, 0.1) is 0 Å². The highest BCUT2D eigenvalue weighted by atomic mass is 16.3. The van der Waals surface area contributed by atoms with Crippen molar-refractivity contribution in [1.29, 1.82) is 0 Å². The van der Waals surface area contributed by atoms with Crippen molar-refractivity contribution in [3.05, 3.63) is 0 Å². The summed E-state index contributed by atoms with van der Waals surface area (Å²) in [6.45, 7) is 4.24. The van der Waals surface area contributed by atoms with Crippen LogP contribution in [0.5, 0.6) is 0 Å². The predicted molar refractivity (Wildman–Crippen MR) is 209 cm³/mol. The molecule has 1 amide bonds. The molecule has 0 heterocycles. The molecule has 0 spiro atoms. The minimum Gasteiger partial charge on any atom is -0.394 e. The molecule has 0 aromatic rings. The molecule has 0 saturated heterocycles. The zero-order chi connectivity index (χ0) is 35.2. The molecule has 0 saturated carbocycles. The second-order valence-corrected chi connectivity index (χ2v) is 15.3. The van der Waals surface area contributed by atoms with E-state index in [0.29, 0.717) is 12.8 Å². The second-order valence-electron chi connectivity index (χ2n) is 15.3. The van der Waals surface area contributed by atoms with Gasteiger partial charge in [-0.15, -0.1) is 0 Å². The first-order valence-corrected chi connectivity index (χ1v) is 21.8. The first-order chi connectivity index (χ1) is 23.6. The Kier molecular flexibility index (Phi) is 38.6. The summed E-state index contributed by atoms with van der Waals surface area (Å²) in [5, 5.41) is 33.3. The van der Waals surface area contributed by atoms with Crippen LogP contribution in [0.15, 0.2) is 0 Å². The summed E-state index contributed by atoms with van der Waals surface area (Å²) in [5.74, 6) is -0.467. The van der Waals surface area contributed by atoms with Gasteiger partial charge < -0.3 is 20.6 Å². The van der Waals surface area contributed by atoms with Crippen LogP contribution in [0.2, 0.25) is 0 Å². The maximum Gasteiger partial charge on any atom is 0.249 e. The Balaban J connectivity index is 3.55. The first kappa shape index (κ1) is 47.4.